The number of carbonyl (C=O) groups is 2. The molecule has 0 heterocycles. The fraction of sp³-hybridized carbons (Fsp3) is 0.636. The van der Waals surface area contributed by atoms with E-state index in [2.05, 4.69) is 17.2 Å². The number of aliphatic carboxylic acids is 1. The number of carboxylic acid groups (broad SMARTS) is 1. The van der Waals surface area contributed by atoms with Crippen molar-refractivity contribution in [2.75, 3.05) is 0 Å². The standard InChI is InChI=1S/C11H20N2O3/c1-5-7(3)9(10(14)15)13-11(16)12-8(4)6-2/h6-9H,2,5H2,1,3-4H3,(H,14,15)(H2,12,13,16)/t7-,8?,9-/m0/s1. The number of nitrogens with one attached hydrogen (secondary N) is 2. The normalized spacial score (nSPS) is 15.7. The van der Waals surface area contributed by atoms with Gasteiger partial charge in [0.2, 0.25) is 0 Å². The van der Waals surface area contributed by atoms with E-state index >= 15 is 0 Å². The maximum atomic E-state index is 11.4. The maximum Gasteiger partial charge on any atom is 0.326 e. The van der Waals surface area contributed by atoms with Crippen LogP contribution in [0, 0.1) is 5.92 Å². The molecule has 5 heteroatoms. The average molecular weight is 228 g/mol. The van der Waals surface area contributed by atoms with Crippen LogP contribution in [0.1, 0.15) is 27.2 Å². The number of carbonyl (C=O) groups excluding carboxylic acids is 1. The lowest BCUT2D eigenvalue weighted by Crippen LogP contribution is -2.50. The lowest BCUT2D eigenvalue weighted by atomic mass is 9.99. The van der Waals surface area contributed by atoms with Crippen molar-refractivity contribution in [3.8, 4) is 0 Å². The highest BCUT2D eigenvalue weighted by Gasteiger charge is 2.25. The summed E-state index contributed by atoms with van der Waals surface area (Å²) in [5.74, 6) is -1.13. The largest absolute Gasteiger partial charge is 0.480 e. The number of urea groups is 1. The van der Waals surface area contributed by atoms with Crippen LogP contribution in [-0.4, -0.2) is 29.2 Å². The van der Waals surface area contributed by atoms with Gasteiger partial charge >= 0.3 is 12.0 Å². The molecule has 0 rings (SSSR count). The number of carboxylic acids is 1. The van der Waals surface area contributed by atoms with Crippen molar-refractivity contribution >= 4 is 12.0 Å². The smallest absolute Gasteiger partial charge is 0.326 e. The highest BCUT2D eigenvalue weighted by Crippen LogP contribution is 2.07. The lowest BCUT2D eigenvalue weighted by molar-refractivity contribution is -0.140. The minimum atomic E-state index is -1.02. The zero-order valence-corrected chi connectivity index (χ0v) is 9.99. The Hall–Kier alpha value is -1.52. The second-order valence-electron chi connectivity index (χ2n) is 3.84. The fourth-order valence-electron chi connectivity index (χ4n) is 1.13. The van der Waals surface area contributed by atoms with Crippen LogP contribution in [0.3, 0.4) is 0 Å². The van der Waals surface area contributed by atoms with E-state index in [0.29, 0.717) is 6.42 Å². The molecule has 0 aromatic rings. The third-order valence-corrected chi connectivity index (χ3v) is 2.48. The van der Waals surface area contributed by atoms with Crippen LogP contribution in [0.25, 0.3) is 0 Å². The van der Waals surface area contributed by atoms with Gasteiger partial charge in [0.05, 0.1) is 0 Å². The second kappa shape index (κ2) is 6.87. The van der Waals surface area contributed by atoms with Crippen LogP contribution in [0.15, 0.2) is 12.7 Å². The maximum absolute atomic E-state index is 11.4. The van der Waals surface area contributed by atoms with Crippen LogP contribution in [0.5, 0.6) is 0 Å². The monoisotopic (exact) mass is 228 g/mol. The molecule has 3 N–H and O–H groups in total. The molecule has 0 fully saturated rings. The summed E-state index contributed by atoms with van der Waals surface area (Å²) in [5.41, 5.74) is 0. The molecule has 1 unspecified atom stereocenters. The van der Waals surface area contributed by atoms with Crippen molar-refractivity contribution in [1.82, 2.24) is 10.6 Å². The van der Waals surface area contributed by atoms with Crippen LogP contribution < -0.4 is 10.6 Å². The first-order chi connectivity index (χ1) is 7.42. The van der Waals surface area contributed by atoms with Crippen molar-refractivity contribution in [2.45, 2.75) is 39.3 Å². The number of rotatable bonds is 6. The SMILES string of the molecule is C=CC(C)NC(=O)N[C@H](C(=O)O)[C@@H](C)CC. The Kier molecular flexibility index (Phi) is 6.22. The molecule has 5 nitrogen and oxygen atoms in total. The second-order valence-corrected chi connectivity index (χ2v) is 3.84. The Morgan fingerprint density at radius 2 is 1.94 bits per heavy atom. The predicted octanol–water partition coefficient (Wildman–Crippen LogP) is 1.36. The molecular formula is C11H20N2O3. The quantitative estimate of drug-likeness (QED) is 0.601. The third kappa shape index (κ3) is 4.82. The molecule has 0 spiro atoms. The third-order valence-electron chi connectivity index (χ3n) is 2.48. The Balaban J connectivity index is 4.35. The van der Waals surface area contributed by atoms with E-state index in [0.717, 1.165) is 0 Å². The van der Waals surface area contributed by atoms with E-state index in [1.807, 2.05) is 6.92 Å². The molecular weight excluding hydrogens is 208 g/mol. The molecule has 0 aliphatic carbocycles. The van der Waals surface area contributed by atoms with Gasteiger partial charge in [-0.1, -0.05) is 26.3 Å². The molecule has 0 radical (unpaired) electrons. The van der Waals surface area contributed by atoms with E-state index in [9.17, 15) is 9.59 Å². The Morgan fingerprint density at radius 3 is 2.31 bits per heavy atom. The molecule has 3 atom stereocenters. The topological polar surface area (TPSA) is 78.4 Å². The molecule has 0 aromatic carbocycles. The molecule has 0 aromatic heterocycles. The summed E-state index contributed by atoms with van der Waals surface area (Å²) in [6.07, 6.45) is 2.26. The first kappa shape index (κ1) is 14.5. The summed E-state index contributed by atoms with van der Waals surface area (Å²) < 4.78 is 0. The highest BCUT2D eigenvalue weighted by atomic mass is 16.4. The Bertz CT molecular complexity index is 266. The van der Waals surface area contributed by atoms with Crippen molar-refractivity contribution < 1.29 is 14.7 Å². The first-order valence-electron chi connectivity index (χ1n) is 5.34. The Morgan fingerprint density at radius 1 is 1.38 bits per heavy atom. The van der Waals surface area contributed by atoms with Crippen LogP contribution in [0.2, 0.25) is 0 Å². The molecule has 0 aliphatic rings. The van der Waals surface area contributed by atoms with Gasteiger partial charge in [-0.05, 0) is 12.8 Å². The van der Waals surface area contributed by atoms with Crippen LogP contribution in [0.4, 0.5) is 4.79 Å². The van der Waals surface area contributed by atoms with Gasteiger partial charge in [0, 0.05) is 6.04 Å². The summed E-state index contributed by atoms with van der Waals surface area (Å²) in [4.78, 5) is 22.3. The minimum absolute atomic E-state index is 0.109. The van der Waals surface area contributed by atoms with Gasteiger partial charge in [0.1, 0.15) is 6.04 Å². The summed E-state index contributed by atoms with van der Waals surface area (Å²) in [6, 6.07) is -1.53. The fourth-order valence-corrected chi connectivity index (χ4v) is 1.13. The van der Waals surface area contributed by atoms with E-state index < -0.39 is 18.0 Å². The van der Waals surface area contributed by atoms with E-state index in [-0.39, 0.29) is 12.0 Å². The van der Waals surface area contributed by atoms with Crippen molar-refractivity contribution in [3.63, 3.8) is 0 Å². The predicted molar refractivity (Wildman–Crippen MR) is 62.2 cm³/mol. The Labute approximate surface area is 95.9 Å². The van der Waals surface area contributed by atoms with Crippen molar-refractivity contribution in [2.24, 2.45) is 5.92 Å². The molecule has 16 heavy (non-hydrogen) atoms. The minimum Gasteiger partial charge on any atom is -0.480 e. The number of hydrogen-bond acceptors (Lipinski definition) is 2. The molecule has 0 aliphatic heterocycles. The summed E-state index contributed by atoms with van der Waals surface area (Å²) in [5, 5.41) is 13.9. The number of amides is 2. The molecule has 0 bridgehead atoms. The van der Waals surface area contributed by atoms with Gasteiger partial charge in [-0.2, -0.15) is 0 Å². The van der Waals surface area contributed by atoms with Gasteiger partial charge in [-0.25, -0.2) is 9.59 Å². The van der Waals surface area contributed by atoms with Crippen molar-refractivity contribution in [1.29, 1.82) is 0 Å². The van der Waals surface area contributed by atoms with Gasteiger partial charge in [-0.3, -0.25) is 0 Å². The first-order valence-corrected chi connectivity index (χ1v) is 5.34. The lowest BCUT2D eigenvalue weighted by Gasteiger charge is -2.21. The number of hydrogen-bond donors (Lipinski definition) is 3. The van der Waals surface area contributed by atoms with Crippen LogP contribution in [-0.2, 0) is 4.79 Å². The highest BCUT2D eigenvalue weighted by molar-refractivity contribution is 5.82. The summed E-state index contributed by atoms with van der Waals surface area (Å²) in [6.45, 7) is 8.95. The van der Waals surface area contributed by atoms with Gasteiger partial charge in [0.25, 0.3) is 0 Å². The van der Waals surface area contributed by atoms with Crippen molar-refractivity contribution in [3.05, 3.63) is 12.7 Å². The molecule has 2 amide bonds. The zero-order valence-electron chi connectivity index (χ0n) is 9.99. The van der Waals surface area contributed by atoms with Gasteiger partial charge < -0.3 is 15.7 Å². The molecule has 0 saturated carbocycles. The van der Waals surface area contributed by atoms with E-state index in [4.69, 9.17) is 5.11 Å². The van der Waals surface area contributed by atoms with E-state index in [1.54, 1.807) is 19.9 Å². The summed E-state index contributed by atoms with van der Waals surface area (Å²) >= 11 is 0. The average Bonchev–Trinajstić information content (AvgIpc) is 2.24. The van der Waals surface area contributed by atoms with Gasteiger partial charge in [0.15, 0.2) is 0 Å². The van der Waals surface area contributed by atoms with Crippen LogP contribution >= 0.6 is 0 Å². The molecule has 92 valence electrons. The summed E-state index contributed by atoms with van der Waals surface area (Å²) in [7, 11) is 0. The van der Waals surface area contributed by atoms with Gasteiger partial charge in [-0.15, -0.1) is 6.58 Å². The molecule has 0 saturated heterocycles. The van der Waals surface area contributed by atoms with E-state index in [1.165, 1.54) is 0 Å². The zero-order chi connectivity index (χ0) is 12.7.